The van der Waals surface area contributed by atoms with Gasteiger partial charge in [0.05, 0.1) is 44.6 Å². The standard InChI is InChI=1S/C69H57F6N3/c1-35-21-39(5)62(40(6)22-35)47-15-19-58-53(29-47)51-17-13-49(64-43(9)25-37(3)26-44(64)10)31-60(51)77(58)66-55(34-76)67(57(69(73,74)75)33-56(66)68(70,71)72)78-59-20-16-48(63-41(7)23-36(2)24-42(63)8)30-54(59)52-18-14-50(32-61(52)78)65-45(11)27-38(4)28-46(65)12/h13-33H,1-12H3. The highest BCUT2D eigenvalue weighted by atomic mass is 19.4. The van der Waals surface area contributed by atoms with Crippen molar-refractivity contribution < 1.29 is 26.3 Å². The summed E-state index contributed by atoms with van der Waals surface area (Å²) in [6, 6.07) is 41.1. The van der Waals surface area contributed by atoms with Crippen LogP contribution in [0.25, 0.3) is 99.5 Å². The van der Waals surface area contributed by atoms with E-state index in [0.717, 1.165) is 100 Å². The molecule has 0 fully saturated rings. The van der Waals surface area contributed by atoms with Crippen molar-refractivity contribution in [2.45, 2.75) is 95.4 Å². The number of benzene rings is 9. The van der Waals surface area contributed by atoms with E-state index in [9.17, 15) is 5.26 Å². The molecule has 390 valence electrons. The summed E-state index contributed by atoms with van der Waals surface area (Å²) in [6.07, 6.45) is -10.7. The first-order valence-corrected chi connectivity index (χ1v) is 26.1. The van der Waals surface area contributed by atoms with Gasteiger partial charge in [-0.25, -0.2) is 0 Å². The van der Waals surface area contributed by atoms with Crippen LogP contribution in [0.2, 0.25) is 0 Å². The lowest BCUT2D eigenvalue weighted by molar-refractivity contribution is -0.142. The maximum Gasteiger partial charge on any atom is 0.418 e. The van der Waals surface area contributed by atoms with Crippen molar-refractivity contribution >= 4 is 43.6 Å². The van der Waals surface area contributed by atoms with E-state index in [4.69, 9.17) is 0 Å². The van der Waals surface area contributed by atoms with Crippen molar-refractivity contribution in [2.75, 3.05) is 0 Å². The lowest BCUT2D eigenvalue weighted by atomic mass is 9.92. The number of aryl methyl sites for hydroxylation is 12. The smallest absolute Gasteiger partial charge is 0.307 e. The first-order valence-electron chi connectivity index (χ1n) is 26.1. The maximum atomic E-state index is 16.3. The zero-order chi connectivity index (χ0) is 55.8. The summed E-state index contributed by atoms with van der Waals surface area (Å²) in [6.45, 7) is 24.0. The Morgan fingerprint density at radius 2 is 0.590 bits per heavy atom. The van der Waals surface area contributed by atoms with Crippen LogP contribution in [0.15, 0.2) is 127 Å². The fraction of sp³-hybridized carbons (Fsp3) is 0.203. The van der Waals surface area contributed by atoms with Gasteiger partial charge in [-0.15, -0.1) is 0 Å². The van der Waals surface area contributed by atoms with Crippen LogP contribution >= 0.6 is 0 Å². The SMILES string of the molecule is Cc1cc(C)c(-c2ccc3c(c2)c2ccc(-c4c(C)cc(C)cc4C)cc2n3-c2c(C(F)(F)F)cc(C(F)(F)F)c(-n3c4ccc(-c5c(C)cc(C)cc5C)cc4c4ccc(-c5c(C)cc(C)cc5C)cc43)c2C#N)c(C)c1. The van der Waals surface area contributed by atoms with Gasteiger partial charge in [0, 0.05) is 21.5 Å². The van der Waals surface area contributed by atoms with Gasteiger partial charge in [0.2, 0.25) is 0 Å². The molecule has 0 aliphatic rings. The van der Waals surface area contributed by atoms with E-state index in [1.807, 2.05) is 174 Å². The summed E-state index contributed by atoms with van der Waals surface area (Å²) in [5.74, 6) is 0. The molecule has 9 aromatic carbocycles. The molecule has 0 saturated carbocycles. The predicted octanol–water partition coefficient (Wildman–Crippen LogP) is 20.2. The average Bonchev–Trinajstić information content (AvgIpc) is 3.94. The van der Waals surface area contributed by atoms with Gasteiger partial charge in [0.1, 0.15) is 11.6 Å². The van der Waals surface area contributed by atoms with Crippen LogP contribution < -0.4 is 0 Å². The predicted molar refractivity (Wildman–Crippen MR) is 308 cm³/mol. The second-order valence-electron chi connectivity index (χ2n) is 21.8. The van der Waals surface area contributed by atoms with E-state index < -0.39 is 40.4 Å². The molecule has 9 heteroatoms. The number of nitrogens with zero attached hydrogens (tertiary/aromatic N) is 3. The normalized spacial score (nSPS) is 12.2. The van der Waals surface area contributed by atoms with Crippen LogP contribution in [0.5, 0.6) is 0 Å². The van der Waals surface area contributed by atoms with Gasteiger partial charge in [-0.2, -0.15) is 31.6 Å². The topological polar surface area (TPSA) is 33.6 Å². The fourth-order valence-electron chi connectivity index (χ4n) is 13.4. The van der Waals surface area contributed by atoms with E-state index in [2.05, 4.69) is 24.3 Å². The third-order valence-electron chi connectivity index (χ3n) is 15.8. The maximum absolute atomic E-state index is 16.3. The molecule has 0 aliphatic carbocycles. The van der Waals surface area contributed by atoms with Gasteiger partial charge in [-0.1, -0.05) is 107 Å². The molecule has 0 spiro atoms. The largest absolute Gasteiger partial charge is 0.418 e. The Morgan fingerprint density at radius 3 is 0.859 bits per heavy atom. The monoisotopic (exact) mass is 1040 g/mol. The quantitative estimate of drug-likeness (QED) is 0.153. The van der Waals surface area contributed by atoms with Crippen molar-refractivity contribution in [3.05, 3.63) is 211 Å². The van der Waals surface area contributed by atoms with Crippen LogP contribution in [-0.2, 0) is 12.4 Å². The minimum atomic E-state index is -5.37. The van der Waals surface area contributed by atoms with E-state index in [-0.39, 0.29) is 6.07 Å². The number of hydrogen-bond donors (Lipinski definition) is 0. The molecule has 11 rings (SSSR count). The van der Waals surface area contributed by atoms with Crippen LogP contribution in [0.3, 0.4) is 0 Å². The molecule has 0 bridgehead atoms. The van der Waals surface area contributed by atoms with Gasteiger partial charge in [0.25, 0.3) is 0 Å². The van der Waals surface area contributed by atoms with Crippen LogP contribution in [0.4, 0.5) is 26.3 Å². The number of aromatic nitrogens is 2. The Morgan fingerprint density at radius 1 is 0.321 bits per heavy atom. The summed E-state index contributed by atoms with van der Waals surface area (Å²) in [7, 11) is 0. The second-order valence-corrected chi connectivity index (χ2v) is 21.8. The number of nitriles is 1. The molecule has 0 aliphatic heterocycles. The zero-order valence-corrected chi connectivity index (χ0v) is 45.7. The lowest BCUT2D eigenvalue weighted by Gasteiger charge is -2.25. The average molecular weight is 1040 g/mol. The minimum Gasteiger partial charge on any atom is -0.307 e. The summed E-state index contributed by atoms with van der Waals surface area (Å²) in [5, 5.41) is 14.1. The van der Waals surface area contributed by atoms with E-state index in [0.29, 0.717) is 54.7 Å². The number of alkyl halides is 6. The molecule has 0 radical (unpaired) electrons. The molecule has 2 aromatic heterocycles. The van der Waals surface area contributed by atoms with Gasteiger partial charge in [-0.05, 0) is 215 Å². The van der Waals surface area contributed by atoms with Crippen molar-refractivity contribution in [3.8, 4) is 62.0 Å². The van der Waals surface area contributed by atoms with Gasteiger partial charge >= 0.3 is 12.4 Å². The third kappa shape index (κ3) is 8.36. The molecule has 0 amide bonds. The first kappa shape index (κ1) is 51.7. The summed E-state index contributed by atoms with van der Waals surface area (Å²) in [4.78, 5) is 0. The van der Waals surface area contributed by atoms with Gasteiger partial charge < -0.3 is 9.13 Å². The zero-order valence-electron chi connectivity index (χ0n) is 45.7. The summed E-state index contributed by atoms with van der Waals surface area (Å²) in [5.41, 5.74) is 14.7. The van der Waals surface area contributed by atoms with Crippen molar-refractivity contribution in [3.63, 3.8) is 0 Å². The van der Waals surface area contributed by atoms with E-state index in [1.54, 1.807) is 12.1 Å². The molecular formula is C69H57F6N3. The van der Waals surface area contributed by atoms with Crippen LogP contribution in [-0.4, -0.2) is 9.13 Å². The van der Waals surface area contributed by atoms with Crippen molar-refractivity contribution in [1.82, 2.24) is 9.13 Å². The molecule has 11 aromatic rings. The third-order valence-corrected chi connectivity index (χ3v) is 15.8. The van der Waals surface area contributed by atoms with E-state index >= 15 is 26.3 Å². The molecule has 0 unspecified atom stereocenters. The molecule has 0 saturated heterocycles. The summed E-state index contributed by atoms with van der Waals surface area (Å²) < 4.78 is 101. The number of hydrogen-bond acceptors (Lipinski definition) is 1. The lowest BCUT2D eigenvalue weighted by Crippen LogP contribution is -2.20. The Kier molecular flexibility index (Phi) is 12.2. The molecule has 0 N–H and O–H groups in total. The first-order chi connectivity index (χ1) is 36.8. The highest BCUT2D eigenvalue weighted by Gasteiger charge is 2.44. The van der Waals surface area contributed by atoms with Crippen LogP contribution in [0.1, 0.15) is 83.5 Å². The van der Waals surface area contributed by atoms with Crippen molar-refractivity contribution in [2.24, 2.45) is 0 Å². The molecule has 78 heavy (non-hydrogen) atoms. The minimum absolute atomic E-state index is 0.220. The number of fused-ring (bicyclic) bond motifs is 6. The Hall–Kier alpha value is -8.35. The molecular weight excluding hydrogens is 985 g/mol. The highest BCUT2D eigenvalue weighted by Crippen LogP contribution is 2.50. The Bertz CT molecular complexity index is 4070. The second kappa shape index (κ2) is 18.4. The number of halogens is 6. The summed E-state index contributed by atoms with van der Waals surface area (Å²) >= 11 is 0. The fourth-order valence-corrected chi connectivity index (χ4v) is 13.4. The molecule has 3 nitrogen and oxygen atoms in total. The Balaban J connectivity index is 1.33. The van der Waals surface area contributed by atoms with Gasteiger partial charge in [-0.3, -0.25) is 0 Å². The van der Waals surface area contributed by atoms with Crippen molar-refractivity contribution in [1.29, 1.82) is 5.26 Å². The van der Waals surface area contributed by atoms with Crippen LogP contribution in [0, 0.1) is 94.4 Å². The Labute approximate surface area is 450 Å². The highest BCUT2D eigenvalue weighted by molar-refractivity contribution is 6.14. The molecule has 2 heterocycles. The van der Waals surface area contributed by atoms with E-state index in [1.165, 1.54) is 9.13 Å². The van der Waals surface area contributed by atoms with Gasteiger partial charge in [0.15, 0.2) is 0 Å². The molecule has 0 atom stereocenters. The number of rotatable bonds is 6.